The van der Waals surface area contributed by atoms with Crippen molar-refractivity contribution in [1.82, 2.24) is 25.8 Å². The largest absolute Gasteiger partial charge is 0.374 e. The molecule has 1 amide bonds. The molecule has 0 saturated carbocycles. The van der Waals surface area contributed by atoms with Gasteiger partial charge < -0.3 is 15.4 Å². The van der Waals surface area contributed by atoms with Crippen molar-refractivity contribution in [2.24, 2.45) is 0 Å². The van der Waals surface area contributed by atoms with Gasteiger partial charge in [-0.3, -0.25) is 9.89 Å². The molecule has 7 heteroatoms. The van der Waals surface area contributed by atoms with Crippen molar-refractivity contribution in [3.63, 3.8) is 0 Å². The van der Waals surface area contributed by atoms with Gasteiger partial charge in [-0.15, -0.1) is 0 Å². The minimum absolute atomic E-state index is 0.0278. The molecule has 7 nitrogen and oxygen atoms in total. The van der Waals surface area contributed by atoms with Crippen molar-refractivity contribution < 1.29 is 9.53 Å². The number of aryl methyl sites for hydroxylation is 1. The van der Waals surface area contributed by atoms with Gasteiger partial charge in [-0.25, -0.2) is 4.98 Å². The zero-order valence-corrected chi connectivity index (χ0v) is 11.3. The maximum absolute atomic E-state index is 12.1. The molecule has 1 unspecified atom stereocenters. The van der Waals surface area contributed by atoms with E-state index in [1.54, 1.807) is 6.07 Å². The van der Waals surface area contributed by atoms with Gasteiger partial charge in [-0.1, -0.05) is 0 Å². The van der Waals surface area contributed by atoms with E-state index in [0.29, 0.717) is 24.4 Å². The quantitative estimate of drug-likeness (QED) is 0.732. The molecule has 0 aliphatic carbocycles. The zero-order valence-electron chi connectivity index (χ0n) is 11.3. The number of nitrogens with one attached hydrogen (secondary N) is 3. The van der Waals surface area contributed by atoms with Crippen molar-refractivity contribution in [3.8, 4) is 0 Å². The van der Waals surface area contributed by atoms with Gasteiger partial charge in [0.15, 0.2) is 5.65 Å². The zero-order chi connectivity index (χ0) is 13.9. The monoisotopic (exact) mass is 275 g/mol. The average Bonchev–Trinajstić information content (AvgIpc) is 2.87. The molecule has 0 aromatic carbocycles. The number of fused-ring (bicyclic) bond motifs is 1. The lowest BCUT2D eigenvalue weighted by Crippen LogP contribution is -2.45. The van der Waals surface area contributed by atoms with Crippen LogP contribution in [0, 0.1) is 6.92 Å². The number of aromatic nitrogens is 3. The van der Waals surface area contributed by atoms with E-state index in [4.69, 9.17) is 4.74 Å². The highest BCUT2D eigenvalue weighted by Gasteiger charge is 2.15. The summed E-state index contributed by atoms with van der Waals surface area (Å²) in [5.41, 5.74) is 2.06. The molecule has 1 aliphatic rings. The number of ether oxygens (including phenoxy) is 1. The van der Waals surface area contributed by atoms with E-state index in [0.717, 1.165) is 24.2 Å². The Morgan fingerprint density at radius 1 is 1.60 bits per heavy atom. The number of aromatic amines is 1. The third-order valence-electron chi connectivity index (χ3n) is 3.36. The van der Waals surface area contributed by atoms with Crippen molar-refractivity contribution in [2.75, 3.05) is 26.2 Å². The van der Waals surface area contributed by atoms with E-state index in [1.807, 2.05) is 6.92 Å². The summed E-state index contributed by atoms with van der Waals surface area (Å²) in [6.07, 6.45) is 1.57. The van der Waals surface area contributed by atoms with Crippen LogP contribution in [0.15, 0.2) is 12.3 Å². The molecule has 3 rings (SSSR count). The molecule has 1 saturated heterocycles. The number of rotatable bonds is 3. The number of pyridine rings is 1. The van der Waals surface area contributed by atoms with Crippen LogP contribution in [0.25, 0.3) is 11.0 Å². The van der Waals surface area contributed by atoms with Crippen LogP contribution in [-0.2, 0) is 4.74 Å². The summed E-state index contributed by atoms with van der Waals surface area (Å²) in [4.78, 5) is 16.3. The number of nitrogens with zero attached hydrogens (tertiary/aromatic N) is 2. The molecule has 20 heavy (non-hydrogen) atoms. The number of carbonyl (C=O) groups is 1. The molecule has 106 valence electrons. The Bertz CT molecular complexity index is 618. The molecular formula is C13H17N5O2. The van der Waals surface area contributed by atoms with E-state index in [2.05, 4.69) is 25.8 Å². The number of amides is 1. The van der Waals surface area contributed by atoms with Crippen LogP contribution in [0.3, 0.4) is 0 Å². The molecular weight excluding hydrogens is 258 g/mol. The van der Waals surface area contributed by atoms with E-state index in [1.165, 1.54) is 6.20 Å². The second-order valence-electron chi connectivity index (χ2n) is 4.85. The first kappa shape index (κ1) is 13.0. The predicted molar refractivity (Wildman–Crippen MR) is 73.6 cm³/mol. The number of hydrogen-bond acceptors (Lipinski definition) is 5. The van der Waals surface area contributed by atoms with Crippen LogP contribution in [0.4, 0.5) is 0 Å². The summed E-state index contributed by atoms with van der Waals surface area (Å²) in [5, 5.41) is 13.9. The van der Waals surface area contributed by atoms with Gasteiger partial charge in [0, 0.05) is 36.9 Å². The van der Waals surface area contributed by atoms with Crippen LogP contribution >= 0.6 is 0 Å². The van der Waals surface area contributed by atoms with Gasteiger partial charge in [0.25, 0.3) is 5.91 Å². The highest BCUT2D eigenvalue weighted by Crippen LogP contribution is 2.14. The van der Waals surface area contributed by atoms with Crippen molar-refractivity contribution in [3.05, 3.63) is 23.5 Å². The molecule has 3 heterocycles. The summed E-state index contributed by atoms with van der Waals surface area (Å²) in [7, 11) is 0. The number of hydrogen-bond donors (Lipinski definition) is 3. The first-order chi connectivity index (χ1) is 9.74. The molecule has 0 spiro atoms. The number of morpholine rings is 1. The summed E-state index contributed by atoms with van der Waals surface area (Å²) in [6.45, 7) is 4.71. The van der Waals surface area contributed by atoms with Gasteiger partial charge in [-0.2, -0.15) is 5.10 Å². The molecule has 0 radical (unpaired) electrons. The summed E-state index contributed by atoms with van der Waals surface area (Å²) < 4.78 is 5.53. The maximum atomic E-state index is 12.1. The highest BCUT2D eigenvalue weighted by molar-refractivity contribution is 5.97. The van der Waals surface area contributed by atoms with Gasteiger partial charge in [0.1, 0.15) is 0 Å². The highest BCUT2D eigenvalue weighted by atomic mass is 16.5. The Kier molecular flexibility index (Phi) is 3.62. The van der Waals surface area contributed by atoms with Crippen molar-refractivity contribution in [2.45, 2.75) is 13.0 Å². The molecule has 1 atom stereocenters. The molecule has 2 aromatic rings. The number of H-pyrrole nitrogens is 1. The van der Waals surface area contributed by atoms with Gasteiger partial charge in [-0.05, 0) is 13.0 Å². The Morgan fingerprint density at radius 2 is 2.50 bits per heavy atom. The smallest absolute Gasteiger partial charge is 0.252 e. The lowest BCUT2D eigenvalue weighted by Gasteiger charge is -2.23. The van der Waals surface area contributed by atoms with Crippen LogP contribution in [-0.4, -0.2) is 53.4 Å². The first-order valence-electron chi connectivity index (χ1n) is 6.65. The first-order valence-corrected chi connectivity index (χ1v) is 6.65. The molecule has 3 N–H and O–H groups in total. The van der Waals surface area contributed by atoms with E-state index in [-0.39, 0.29) is 12.0 Å². The Hall–Kier alpha value is -1.99. The van der Waals surface area contributed by atoms with E-state index >= 15 is 0 Å². The van der Waals surface area contributed by atoms with Gasteiger partial charge >= 0.3 is 0 Å². The van der Waals surface area contributed by atoms with Crippen molar-refractivity contribution in [1.29, 1.82) is 0 Å². The van der Waals surface area contributed by atoms with Crippen molar-refractivity contribution >= 4 is 16.9 Å². The molecule has 1 aliphatic heterocycles. The standard InChI is InChI=1S/C13H17N5O2/c1-8-11-4-9(5-15-12(11)18-17-8)13(19)16-7-10-6-14-2-3-20-10/h4-5,10,14H,2-3,6-7H2,1H3,(H,16,19)(H,15,17,18). The summed E-state index contributed by atoms with van der Waals surface area (Å²) >= 11 is 0. The van der Waals surface area contributed by atoms with Crippen LogP contribution in [0.5, 0.6) is 0 Å². The van der Waals surface area contributed by atoms with Gasteiger partial charge in [0.2, 0.25) is 0 Å². The van der Waals surface area contributed by atoms with Gasteiger partial charge in [0.05, 0.1) is 18.3 Å². The second kappa shape index (κ2) is 5.56. The summed E-state index contributed by atoms with van der Waals surface area (Å²) in [6, 6.07) is 1.80. The Labute approximate surface area is 116 Å². The van der Waals surface area contributed by atoms with E-state index in [9.17, 15) is 4.79 Å². The topological polar surface area (TPSA) is 91.9 Å². The van der Waals surface area contributed by atoms with Crippen LogP contribution in [0.2, 0.25) is 0 Å². The molecule has 0 bridgehead atoms. The SMILES string of the molecule is Cc1[nH]nc2ncc(C(=O)NCC3CNCCO3)cc12. The molecule has 2 aromatic heterocycles. The molecule has 1 fully saturated rings. The van der Waals surface area contributed by atoms with Crippen LogP contribution in [0.1, 0.15) is 16.1 Å². The summed E-state index contributed by atoms with van der Waals surface area (Å²) in [5.74, 6) is -0.144. The minimum Gasteiger partial charge on any atom is -0.374 e. The fourth-order valence-electron chi connectivity index (χ4n) is 2.20. The lowest BCUT2D eigenvalue weighted by atomic mass is 10.2. The fraction of sp³-hybridized carbons (Fsp3) is 0.462. The minimum atomic E-state index is -0.144. The lowest BCUT2D eigenvalue weighted by molar-refractivity contribution is 0.0287. The Morgan fingerprint density at radius 3 is 3.30 bits per heavy atom. The third-order valence-corrected chi connectivity index (χ3v) is 3.36. The normalized spacial score (nSPS) is 19.1. The maximum Gasteiger partial charge on any atom is 0.252 e. The van der Waals surface area contributed by atoms with Crippen LogP contribution < -0.4 is 10.6 Å². The fourth-order valence-corrected chi connectivity index (χ4v) is 2.20. The van der Waals surface area contributed by atoms with E-state index < -0.39 is 0 Å². The Balaban J connectivity index is 1.67. The predicted octanol–water partition coefficient (Wildman–Crippen LogP) is -0.0155. The number of carbonyl (C=O) groups excluding carboxylic acids is 1. The second-order valence-corrected chi connectivity index (χ2v) is 4.85. The average molecular weight is 275 g/mol. The third kappa shape index (κ3) is 2.63.